The topological polar surface area (TPSA) is 32.8 Å². The first-order valence-electron chi connectivity index (χ1n) is 10.2. The minimum Gasteiger partial charge on any atom is -0.495 e. The molecule has 4 nitrogen and oxygen atoms in total. The van der Waals surface area contributed by atoms with Crippen molar-refractivity contribution >= 4 is 45.3 Å². The molecule has 2 heterocycles. The van der Waals surface area contributed by atoms with Crippen molar-refractivity contribution in [1.82, 2.24) is 4.90 Å². The minimum absolute atomic E-state index is 0. The Morgan fingerprint density at radius 2 is 1.80 bits per heavy atom. The van der Waals surface area contributed by atoms with Crippen molar-refractivity contribution in [2.75, 3.05) is 44.7 Å². The Labute approximate surface area is 188 Å². The number of carbonyl (C=O) groups excluding carboxylic acids is 1. The highest BCUT2D eigenvalue weighted by Crippen LogP contribution is 2.32. The Bertz CT molecular complexity index is 1030. The normalized spacial score (nSPS) is 14.6. The number of hydrogen-bond acceptors (Lipinski definition) is 5. The first kappa shape index (κ1) is 22.6. The number of aryl methyl sites for hydroxylation is 2. The van der Waals surface area contributed by atoms with Crippen LogP contribution in [0.2, 0.25) is 0 Å². The molecule has 0 atom stereocenters. The predicted molar refractivity (Wildman–Crippen MR) is 129 cm³/mol. The van der Waals surface area contributed by atoms with Crippen LogP contribution in [-0.2, 0) is 0 Å². The summed E-state index contributed by atoms with van der Waals surface area (Å²) >= 11 is 1.64. The maximum atomic E-state index is 12.9. The summed E-state index contributed by atoms with van der Waals surface area (Å²) in [6.07, 6.45) is 0.585. The van der Waals surface area contributed by atoms with Crippen LogP contribution in [0.3, 0.4) is 0 Å². The van der Waals surface area contributed by atoms with Gasteiger partial charge in [-0.25, -0.2) is 0 Å². The van der Waals surface area contributed by atoms with E-state index in [0.717, 1.165) is 54.6 Å². The molecule has 0 N–H and O–H groups in total. The molecule has 0 amide bonds. The van der Waals surface area contributed by atoms with Crippen LogP contribution < -0.4 is 9.64 Å². The fraction of sp³-hybridized carbons (Fsp3) is 0.375. The summed E-state index contributed by atoms with van der Waals surface area (Å²) in [5.74, 6) is 1.19. The summed E-state index contributed by atoms with van der Waals surface area (Å²) in [4.78, 5) is 18.6. The van der Waals surface area contributed by atoms with Gasteiger partial charge in [0, 0.05) is 43.8 Å². The average Bonchev–Trinajstić information content (AvgIpc) is 3.08. The van der Waals surface area contributed by atoms with E-state index in [0.29, 0.717) is 6.42 Å². The van der Waals surface area contributed by atoms with Gasteiger partial charge >= 0.3 is 0 Å². The molecule has 0 saturated carbocycles. The zero-order chi connectivity index (χ0) is 20.4. The molecule has 0 bridgehead atoms. The van der Waals surface area contributed by atoms with Gasteiger partial charge in [0.25, 0.3) is 0 Å². The Balaban J connectivity index is 0.00000256. The summed E-state index contributed by atoms with van der Waals surface area (Å²) in [6, 6.07) is 14.6. The molecule has 2 aromatic carbocycles. The number of halogens is 1. The lowest BCUT2D eigenvalue weighted by atomic mass is 10.1. The molecular weight excluding hydrogens is 416 g/mol. The van der Waals surface area contributed by atoms with Crippen LogP contribution in [0, 0.1) is 13.8 Å². The molecule has 1 fully saturated rings. The molecule has 0 radical (unpaired) electrons. The molecule has 1 aromatic heterocycles. The Hall–Kier alpha value is -2.08. The van der Waals surface area contributed by atoms with Gasteiger partial charge in [-0.3, -0.25) is 9.69 Å². The lowest BCUT2D eigenvalue weighted by molar-refractivity contribution is 0.0966. The molecule has 1 aliphatic heterocycles. The number of ketones is 1. The van der Waals surface area contributed by atoms with Crippen LogP contribution in [-0.4, -0.2) is 50.5 Å². The zero-order valence-electron chi connectivity index (χ0n) is 17.8. The standard InChI is InChI=1S/C24H28N2O2S.ClH/c1-17-8-9-23-19(16-17)18(2)24(29-23)21(27)10-11-25-12-14-26(15-13-25)20-6-4-5-7-22(20)28-3;/h4-9,16H,10-15H2,1-3H3;1H. The van der Waals surface area contributed by atoms with Crippen molar-refractivity contribution in [3.63, 3.8) is 0 Å². The van der Waals surface area contributed by atoms with Gasteiger partial charge in [0.15, 0.2) is 5.78 Å². The van der Waals surface area contributed by atoms with Crippen molar-refractivity contribution < 1.29 is 9.53 Å². The lowest BCUT2D eigenvalue weighted by Gasteiger charge is -2.36. The monoisotopic (exact) mass is 444 g/mol. The highest BCUT2D eigenvalue weighted by atomic mass is 35.5. The van der Waals surface area contributed by atoms with Crippen molar-refractivity contribution in [1.29, 1.82) is 0 Å². The molecular formula is C24H29ClN2O2S. The van der Waals surface area contributed by atoms with Gasteiger partial charge in [-0.05, 0) is 43.0 Å². The van der Waals surface area contributed by atoms with E-state index in [4.69, 9.17) is 4.74 Å². The first-order chi connectivity index (χ1) is 14.1. The second-order valence-electron chi connectivity index (χ2n) is 7.73. The number of carbonyl (C=O) groups is 1. The van der Waals surface area contributed by atoms with Gasteiger partial charge in [0.05, 0.1) is 17.7 Å². The summed E-state index contributed by atoms with van der Waals surface area (Å²) in [5.41, 5.74) is 3.53. The molecule has 30 heavy (non-hydrogen) atoms. The van der Waals surface area contributed by atoms with E-state index in [1.165, 1.54) is 15.6 Å². The number of methoxy groups -OCH3 is 1. The van der Waals surface area contributed by atoms with Gasteiger partial charge in [-0.2, -0.15) is 0 Å². The third-order valence-electron chi connectivity index (χ3n) is 5.80. The van der Waals surface area contributed by atoms with Crippen LogP contribution >= 0.6 is 23.7 Å². The van der Waals surface area contributed by atoms with Crippen LogP contribution in [0.4, 0.5) is 5.69 Å². The third kappa shape index (κ3) is 4.64. The summed E-state index contributed by atoms with van der Waals surface area (Å²) in [5, 5.41) is 1.23. The summed E-state index contributed by atoms with van der Waals surface area (Å²) in [7, 11) is 1.72. The minimum atomic E-state index is 0. The maximum Gasteiger partial charge on any atom is 0.174 e. The molecule has 1 saturated heterocycles. The molecule has 1 aliphatic rings. The van der Waals surface area contributed by atoms with E-state index >= 15 is 0 Å². The second kappa shape index (κ2) is 9.82. The zero-order valence-corrected chi connectivity index (χ0v) is 19.4. The number of hydrogen-bond donors (Lipinski definition) is 0. The van der Waals surface area contributed by atoms with E-state index in [1.54, 1.807) is 18.4 Å². The quantitative estimate of drug-likeness (QED) is 0.480. The Morgan fingerprint density at radius 3 is 2.53 bits per heavy atom. The lowest BCUT2D eigenvalue weighted by Crippen LogP contribution is -2.47. The smallest absolute Gasteiger partial charge is 0.174 e. The number of benzene rings is 2. The van der Waals surface area contributed by atoms with Crippen LogP contribution in [0.1, 0.15) is 27.2 Å². The fourth-order valence-electron chi connectivity index (χ4n) is 4.08. The van der Waals surface area contributed by atoms with Gasteiger partial charge < -0.3 is 9.64 Å². The van der Waals surface area contributed by atoms with Gasteiger partial charge in [-0.15, -0.1) is 23.7 Å². The Morgan fingerprint density at radius 1 is 1.07 bits per heavy atom. The van der Waals surface area contributed by atoms with Gasteiger partial charge in [0.1, 0.15) is 5.75 Å². The molecule has 0 aliphatic carbocycles. The number of anilines is 1. The SMILES string of the molecule is COc1ccccc1N1CCN(CCC(=O)c2sc3ccc(C)cc3c2C)CC1.Cl. The van der Waals surface area contributed by atoms with Crippen molar-refractivity contribution in [2.45, 2.75) is 20.3 Å². The highest BCUT2D eigenvalue weighted by molar-refractivity contribution is 7.21. The maximum absolute atomic E-state index is 12.9. The van der Waals surface area contributed by atoms with Crippen molar-refractivity contribution in [3.8, 4) is 5.75 Å². The largest absolute Gasteiger partial charge is 0.495 e. The first-order valence-corrected chi connectivity index (χ1v) is 11.0. The molecule has 3 aromatic rings. The number of fused-ring (bicyclic) bond motifs is 1. The highest BCUT2D eigenvalue weighted by Gasteiger charge is 2.21. The van der Waals surface area contributed by atoms with Crippen LogP contribution in [0.25, 0.3) is 10.1 Å². The number of nitrogens with zero attached hydrogens (tertiary/aromatic N) is 2. The van der Waals surface area contributed by atoms with E-state index < -0.39 is 0 Å². The number of Topliss-reactive ketones (excluding diaryl/α,β-unsaturated/α-hetero) is 1. The van der Waals surface area contributed by atoms with E-state index in [-0.39, 0.29) is 18.2 Å². The number of rotatable bonds is 6. The van der Waals surface area contributed by atoms with Gasteiger partial charge in [-0.1, -0.05) is 29.8 Å². The van der Waals surface area contributed by atoms with Crippen molar-refractivity contribution in [3.05, 3.63) is 58.5 Å². The second-order valence-corrected chi connectivity index (χ2v) is 8.78. The van der Waals surface area contributed by atoms with Gasteiger partial charge in [0.2, 0.25) is 0 Å². The van der Waals surface area contributed by atoms with E-state index in [2.05, 4.69) is 54.0 Å². The van der Waals surface area contributed by atoms with E-state index in [9.17, 15) is 4.79 Å². The molecule has 6 heteroatoms. The third-order valence-corrected chi connectivity index (χ3v) is 7.11. The number of para-hydroxylation sites is 2. The number of ether oxygens (including phenoxy) is 1. The molecule has 0 unspecified atom stereocenters. The molecule has 4 rings (SSSR count). The van der Waals surface area contributed by atoms with E-state index in [1.807, 2.05) is 12.1 Å². The fourth-order valence-corrected chi connectivity index (χ4v) is 5.23. The summed E-state index contributed by atoms with van der Waals surface area (Å²) in [6.45, 7) is 8.85. The average molecular weight is 445 g/mol. The van der Waals surface area contributed by atoms with Crippen LogP contribution in [0.15, 0.2) is 42.5 Å². The van der Waals surface area contributed by atoms with Crippen LogP contribution in [0.5, 0.6) is 5.75 Å². The Kier molecular flexibility index (Phi) is 7.40. The summed E-state index contributed by atoms with van der Waals surface area (Å²) < 4.78 is 6.71. The molecule has 160 valence electrons. The molecule has 0 spiro atoms. The predicted octanol–water partition coefficient (Wildman–Crippen LogP) is 5.34. The van der Waals surface area contributed by atoms with Crippen molar-refractivity contribution in [2.24, 2.45) is 0 Å². The number of thiophene rings is 1. The number of piperazine rings is 1.